The van der Waals surface area contributed by atoms with Crippen molar-refractivity contribution in [2.75, 3.05) is 6.54 Å². The van der Waals surface area contributed by atoms with Crippen molar-refractivity contribution in [3.05, 3.63) is 35.9 Å². The Kier molecular flexibility index (Phi) is 5.33. The van der Waals surface area contributed by atoms with E-state index in [1.165, 1.54) is 0 Å². The summed E-state index contributed by atoms with van der Waals surface area (Å²) in [6.07, 6.45) is 1.42. The van der Waals surface area contributed by atoms with Gasteiger partial charge >= 0.3 is 5.97 Å². The summed E-state index contributed by atoms with van der Waals surface area (Å²) in [5, 5.41) is 15.1. The van der Waals surface area contributed by atoms with E-state index in [9.17, 15) is 9.59 Å². The van der Waals surface area contributed by atoms with E-state index in [0.717, 1.165) is 18.5 Å². The van der Waals surface area contributed by atoms with Crippen LogP contribution < -0.4 is 10.6 Å². The molecule has 1 aliphatic rings. The third-order valence-corrected chi connectivity index (χ3v) is 3.98. The lowest BCUT2D eigenvalue weighted by Gasteiger charge is -2.22. The highest BCUT2D eigenvalue weighted by Gasteiger charge is 2.30. The fraction of sp³-hybridized carbons (Fsp3) is 0.500. The minimum absolute atomic E-state index is 0.0352. The first kappa shape index (κ1) is 15.5. The van der Waals surface area contributed by atoms with Crippen LogP contribution in [-0.4, -0.2) is 29.6 Å². The van der Waals surface area contributed by atoms with Gasteiger partial charge in [-0.15, -0.1) is 0 Å². The van der Waals surface area contributed by atoms with Crippen LogP contribution in [0, 0.1) is 5.92 Å². The lowest BCUT2D eigenvalue weighted by atomic mass is 9.99. The zero-order valence-electron chi connectivity index (χ0n) is 12.2. The number of carboxylic acids is 1. The average molecular weight is 290 g/mol. The van der Waals surface area contributed by atoms with Gasteiger partial charge in [-0.25, -0.2) is 0 Å². The van der Waals surface area contributed by atoms with Crippen molar-refractivity contribution in [3.63, 3.8) is 0 Å². The van der Waals surface area contributed by atoms with E-state index in [2.05, 4.69) is 17.6 Å². The Morgan fingerprint density at radius 2 is 2.10 bits per heavy atom. The highest BCUT2D eigenvalue weighted by Crippen LogP contribution is 2.21. The highest BCUT2D eigenvalue weighted by atomic mass is 16.4. The molecule has 3 N–H and O–H groups in total. The van der Waals surface area contributed by atoms with Crippen LogP contribution in [0.5, 0.6) is 0 Å². The van der Waals surface area contributed by atoms with Gasteiger partial charge in [-0.3, -0.25) is 9.59 Å². The molecule has 1 aromatic rings. The largest absolute Gasteiger partial charge is 0.481 e. The van der Waals surface area contributed by atoms with Crippen molar-refractivity contribution >= 4 is 11.9 Å². The number of benzene rings is 1. The highest BCUT2D eigenvalue weighted by molar-refractivity contribution is 5.83. The molecule has 1 fully saturated rings. The van der Waals surface area contributed by atoms with Gasteiger partial charge in [-0.05, 0) is 30.9 Å². The summed E-state index contributed by atoms with van der Waals surface area (Å²) in [4.78, 5) is 23.2. The number of hydrogen-bond acceptors (Lipinski definition) is 3. The minimum atomic E-state index is -0.850. The Hall–Kier alpha value is -1.88. The second-order valence-corrected chi connectivity index (χ2v) is 5.60. The van der Waals surface area contributed by atoms with Crippen LogP contribution in [0.4, 0.5) is 0 Å². The summed E-state index contributed by atoms with van der Waals surface area (Å²) in [6.45, 7) is 2.91. The van der Waals surface area contributed by atoms with Gasteiger partial charge in [0.25, 0.3) is 0 Å². The molecular weight excluding hydrogens is 268 g/mol. The molecule has 21 heavy (non-hydrogen) atoms. The minimum Gasteiger partial charge on any atom is -0.481 e. The van der Waals surface area contributed by atoms with E-state index in [-0.39, 0.29) is 24.4 Å². The van der Waals surface area contributed by atoms with Crippen LogP contribution in [0.25, 0.3) is 0 Å². The van der Waals surface area contributed by atoms with E-state index >= 15 is 0 Å². The van der Waals surface area contributed by atoms with Gasteiger partial charge in [0.05, 0.1) is 12.1 Å². The van der Waals surface area contributed by atoms with E-state index in [1.54, 1.807) is 0 Å². The van der Waals surface area contributed by atoms with Crippen LogP contribution in [0.15, 0.2) is 30.3 Å². The first-order chi connectivity index (χ1) is 10.1. The van der Waals surface area contributed by atoms with E-state index < -0.39 is 5.97 Å². The Labute approximate surface area is 124 Å². The van der Waals surface area contributed by atoms with Gasteiger partial charge < -0.3 is 15.7 Å². The average Bonchev–Trinajstić information content (AvgIpc) is 2.90. The molecule has 0 radical (unpaired) electrons. The fourth-order valence-electron chi connectivity index (χ4n) is 2.72. The molecule has 3 unspecified atom stereocenters. The van der Waals surface area contributed by atoms with Gasteiger partial charge in [-0.2, -0.15) is 0 Å². The number of aliphatic carboxylic acids is 1. The molecule has 5 heteroatoms. The Bertz CT molecular complexity index is 490. The third kappa shape index (κ3) is 4.29. The number of carbonyl (C=O) groups is 2. The number of amides is 1. The predicted molar refractivity (Wildman–Crippen MR) is 79.8 cm³/mol. The molecule has 2 rings (SSSR count). The first-order valence-electron chi connectivity index (χ1n) is 7.38. The molecule has 0 spiro atoms. The van der Waals surface area contributed by atoms with Crippen LogP contribution in [0.3, 0.4) is 0 Å². The second kappa shape index (κ2) is 7.22. The van der Waals surface area contributed by atoms with Gasteiger partial charge in [0.1, 0.15) is 0 Å². The van der Waals surface area contributed by atoms with Crippen molar-refractivity contribution in [2.45, 2.75) is 38.3 Å². The first-order valence-corrected chi connectivity index (χ1v) is 7.38. The normalized spacial score (nSPS) is 22.7. The number of carbonyl (C=O) groups excluding carboxylic acids is 1. The number of hydrogen-bond donors (Lipinski definition) is 3. The molecule has 0 bridgehead atoms. The Balaban J connectivity index is 2.04. The summed E-state index contributed by atoms with van der Waals surface area (Å²) < 4.78 is 0. The van der Waals surface area contributed by atoms with E-state index in [1.807, 2.05) is 30.3 Å². The second-order valence-electron chi connectivity index (χ2n) is 5.60. The molecule has 1 heterocycles. The zero-order chi connectivity index (χ0) is 15.2. The maximum atomic E-state index is 12.4. The van der Waals surface area contributed by atoms with E-state index in [0.29, 0.717) is 12.3 Å². The zero-order valence-corrected chi connectivity index (χ0v) is 12.2. The molecular formula is C16H22N2O3. The van der Waals surface area contributed by atoms with Crippen LogP contribution >= 0.6 is 0 Å². The molecule has 1 amide bonds. The molecule has 114 valence electrons. The molecule has 1 aromatic carbocycles. The molecule has 3 atom stereocenters. The third-order valence-electron chi connectivity index (χ3n) is 3.98. The van der Waals surface area contributed by atoms with Crippen molar-refractivity contribution in [3.8, 4) is 0 Å². The molecule has 1 aliphatic heterocycles. The lowest BCUT2D eigenvalue weighted by molar-refractivity contribution is -0.137. The summed E-state index contributed by atoms with van der Waals surface area (Å²) in [7, 11) is 0. The summed E-state index contributed by atoms with van der Waals surface area (Å²) in [5.74, 6) is -0.585. The fourth-order valence-corrected chi connectivity index (χ4v) is 2.72. The predicted octanol–water partition coefficient (Wildman–Crippen LogP) is 1.71. The van der Waals surface area contributed by atoms with Crippen molar-refractivity contribution in [2.24, 2.45) is 5.92 Å². The Morgan fingerprint density at radius 1 is 1.38 bits per heavy atom. The van der Waals surface area contributed by atoms with Gasteiger partial charge in [0.2, 0.25) is 5.91 Å². The molecule has 0 aliphatic carbocycles. The number of nitrogens with one attached hydrogen (secondary N) is 2. The van der Waals surface area contributed by atoms with Crippen LogP contribution in [0.1, 0.15) is 37.8 Å². The number of carboxylic acid groups (broad SMARTS) is 1. The summed E-state index contributed by atoms with van der Waals surface area (Å²) in [5.41, 5.74) is 0.942. The summed E-state index contributed by atoms with van der Waals surface area (Å²) >= 11 is 0. The molecule has 1 saturated heterocycles. The van der Waals surface area contributed by atoms with Gasteiger partial charge in [0.15, 0.2) is 0 Å². The monoisotopic (exact) mass is 290 g/mol. The molecule has 0 aromatic heterocycles. The molecule has 0 saturated carbocycles. The van der Waals surface area contributed by atoms with Gasteiger partial charge in [-0.1, -0.05) is 37.3 Å². The summed E-state index contributed by atoms with van der Waals surface area (Å²) in [6, 6.07) is 9.08. The standard InChI is InChI=1S/C16H22N2O3/c1-11-9-10-17-15(11)16(21)18-13(7-8-14(19)20)12-5-3-2-4-6-12/h2-6,11,13,15,17H,7-10H2,1H3,(H,18,21)(H,19,20). The topological polar surface area (TPSA) is 78.4 Å². The van der Waals surface area contributed by atoms with Crippen LogP contribution in [0.2, 0.25) is 0 Å². The molecule has 5 nitrogen and oxygen atoms in total. The van der Waals surface area contributed by atoms with Crippen molar-refractivity contribution in [1.82, 2.24) is 10.6 Å². The van der Waals surface area contributed by atoms with Gasteiger partial charge in [0, 0.05) is 6.42 Å². The number of rotatable bonds is 6. The SMILES string of the molecule is CC1CCNC1C(=O)NC(CCC(=O)O)c1ccccc1. The van der Waals surface area contributed by atoms with E-state index in [4.69, 9.17) is 5.11 Å². The van der Waals surface area contributed by atoms with Crippen molar-refractivity contribution < 1.29 is 14.7 Å². The maximum absolute atomic E-state index is 12.4. The maximum Gasteiger partial charge on any atom is 0.303 e. The Morgan fingerprint density at radius 3 is 2.67 bits per heavy atom. The van der Waals surface area contributed by atoms with Crippen molar-refractivity contribution in [1.29, 1.82) is 0 Å². The van der Waals surface area contributed by atoms with Crippen LogP contribution in [-0.2, 0) is 9.59 Å². The lowest BCUT2D eigenvalue weighted by Crippen LogP contribution is -2.44. The quantitative estimate of drug-likeness (QED) is 0.745. The smallest absolute Gasteiger partial charge is 0.303 e.